The number of carbonyl (C=O) groups is 1. The second-order valence-corrected chi connectivity index (χ2v) is 7.83. The van der Waals surface area contributed by atoms with Crippen molar-refractivity contribution >= 4 is 23.1 Å². The number of rotatable bonds is 4. The summed E-state index contributed by atoms with van der Waals surface area (Å²) in [5.41, 5.74) is 9.29. The molecule has 1 aromatic carbocycles. The van der Waals surface area contributed by atoms with Crippen molar-refractivity contribution in [2.24, 2.45) is 0 Å². The number of benzene rings is 1. The van der Waals surface area contributed by atoms with Crippen LogP contribution in [0, 0.1) is 0 Å². The largest absolute Gasteiger partial charge is 0.382 e. The molecule has 1 amide bonds. The van der Waals surface area contributed by atoms with Crippen LogP contribution in [0.15, 0.2) is 55.0 Å². The van der Waals surface area contributed by atoms with Crippen molar-refractivity contribution in [2.45, 2.75) is 38.0 Å². The second-order valence-electron chi connectivity index (χ2n) is 7.83. The number of amides is 1. The highest BCUT2D eigenvalue weighted by Crippen LogP contribution is 2.36. The Morgan fingerprint density at radius 1 is 1.06 bits per heavy atom. The van der Waals surface area contributed by atoms with Gasteiger partial charge in [0.1, 0.15) is 22.9 Å². The van der Waals surface area contributed by atoms with E-state index in [1.807, 2.05) is 18.3 Å². The van der Waals surface area contributed by atoms with Crippen LogP contribution < -0.4 is 11.1 Å². The summed E-state index contributed by atoms with van der Waals surface area (Å²) in [6, 6.07) is 10.8. The van der Waals surface area contributed by atoms with E-state index in [0.717, 1.165) is 35.4 Å². The van der Waals surface area contributed by atoms with Crippen molar-refractivity contribution < 1.29 is 4.79 Å². The van der Waals surface area contributed by atoms with Crippen LogP contribution in [-0.4, -0.2) is 30.5 Å². The van der Waals surface area contributed by atoms with Crippen LogP contribution in [0.4, 0.5) is 11.6 Å². The minimum atomic E-state index is -0.245. The number of hydrogen-bond donors (Lipinski definition) is 2. The number of imidazole rings is 1. The molecule has 0 radical (unpaired) electrons. The Morgan fingerprint density at radius 2 is 1.87 bits per heavy atom. The molecule has 4 aromatic rings. The Kier molecular flexibility index (Phi) is 5.03. The normalized spacial score (nSPS) is 14.6. The fourth-order valence-corrected chi connectivity index (χ4v) is 4.27. The Labute approximate surface area is 179 Å². The van der Waals surface area contributed by atoms with E-state index in [0.29, 0.717) is 23.1 Å². The number of nitrogens with two attached hydrogens (primary N) is 1. The van der Waals surface area contributed by atoms with Gasteiger partial charge in [-0.25, -0.2) is 9.97 Å². The van der Waals surface area contributed by atoms with E-state index < -0.39 is 0 Å². The summed E-state index contributed by atoms with van der Waals surface area (Å²) in [6.45, 7) is 0. The number of aromatic nitrogens is 5. The number of hydrogen-bond acceptors (Lipinski definition) is 6. The molecule has 3 N–H and O–H groups in total. The molecule has 0 bridgehead atoms. The van der Waals surface area contributed by atoms with Crippen molar-refractivity contribution in [1.29, 1.82) is 0 Å². The summed E-state index contributed by atoms with van der Waals surface area (Å²) < 4.78 is 2.09. The molecule has 1 aliphatic rings. The maximum Gasteiger partial charge on any atom is 0.256 e. The number of anilines is 2. The Hall–Kier alpha value is -3.81. The molecule has 1 aliphatic carbocycles. The van der Waals surface area contributed by atoms with Crippen molar-refractivity contribution in [3.63, 3.8) is 0 Å². The van der Waals surface area contributed by atoms with E-state index in [9.17, 15) is 4.79 Å². The highest BCUT2D eigenvalue weighted by Gasteiger charge is 2.24. The Bertz CT molecular complexity index is 1210. The van der Waals surface area contributed by atoms with Gasteiger partial charge < -0.3 is 11.1 Å². The van der Waals surface area contributed by atoms with E-state index in [4.69, 9.17) is 10.7 Å². The van der Waals surface area contributed by atoms with E-state index in [1.54, 1.807) is 36.7 Å². The van der Waals surface area contributed by atoms with Crippen LogP contribution in [0.5, 0.6) is 0 Å². The van der Waals surface area contributed by atoms with Gasteiger partial charge in [0.15, 0.2) is 5.82 Å². The van der Waals surface area contributed by atoms with Gasteiger partial charge in [0.25, 0.3) is 5.91 Å². The monoisotopic (exact) mass is 413 g/mol. The number of carbonyl (C=O) groups excluding carboxylic acids is 1. The van der Waals surface area contributed by atoms with Crippen molar-refractivity contribution in [1.82, 2.24) is 24.6 Å². The lowest BCUT2D eigenvalue weighted by molar-refractivity contribution is 0.102. The lowest BCUT2D eigenvalue weighted by atomic mass is 9.89. The minimum absolute atomic E-state index is 0.245. The Balaban J connectivity index is 1.48. The predicted octanol–water partition coefficient (Wildman–Crippen LogP) is 4.07. The molecule has 8 nitrogen and oxygen atoms in total. The van der Waals surface area contributed by atoms with Gasteiger partial charge in [-0.3, -0.25) is 9.20 Å². The van der Waals surface area contributed by atoms with E-state index >= 15 is 0 Å². The van der Waals surface area contributed by atoms with Gasteiger partial charge in [-0.05, 0) is 37.1 Å². The highest BCUT2D eigenvalue weighted by molar-refractivity contribution is 6.04. The third kappa shape index (κ3) is 3.72. The van der Waals surface area contributed by atoms with Crippen LogP contribution in [0.1, 0.15) is 54.2 Å². The summed E-state index contributed by atoms with van der Waals surface area (Å²) >= 11 is 0. The molecular weight excluding hydrogens is 390 g/mol. The van der Waals surface area contributed by atoms with Crippen molar-refractivity contribution in [3.05, 3.63) is 66.4 Å². The average Bonchev–Trinajstić information content (AvgIpc) is 3.21. The van der Waals surface area contributed by atoms with Crippen LogP contribution in [0.3, 0.4) is 0 Å². The van der Waals surface area contributed by atoms with Gasteiger partial charge in [0.2, 0.25) is 0 Å². The fraction of sp³-hybridized carbons (Fsp3) is 0.261. The first-order valence-electron chi connectivity index (χ1n) is 10.5. The number of nitrogens with zero attached hydrogens (tertiary/aromatic N) is 5. The maximum atomic E-state index is 12.5. The first-order chi connectivity index (χ1) is 15.2. The van der Waals surface area contributed by atoms with Gasteiger partial charge in [-0.1, -0.05) is 31.4 Å². The Morgan fingerprint density at radius 3 is 2.61 bits per heavy atom. The molecule has 3 heterocycles. The van der Waals surface area contributed by atoms with Gasteiger partial charge in [-0.2, -0.15) is 5.10 Å². The van der Waals surface area contributed by atoms with Gasteiger partial charge in [0, 0.05) is 35.6 Å². The standard InChI is InChI=1S/C23H23N7O/c24-21-20-19(28-22(30(20)14-13-25-21)16-5-2-1-3-6-16)15-8-10-17(11-9-15)23(31)27-18-7-4-12-26-29-18/h4,7-14,16H,1-3,5-6H2,(H2,24,25)(H,27,29,31). The van der Waals surface area contributed by atoms with Gasteiger partial charge in [-0.15, -0.1) is 5.10 Å². The predicted molar refractivity (Wildman–Crippen MR) is 119 cm³/mol. The number of nitrogen functional groups attached to an aromatic ring is 1. The molecule has 5 rings (SSSR count). The molecule has 0 unspecified atom stereocenters. The summed E-state index contributed by atoms with van der Waals surface area (Å²) in [4.78, 5) is 21.8. The zero-order valence-corrected chi connectivity index (χ0v) is 17.0. The third-order valence-electron chi connectivity index (χ3n) is 5.82. The fourth-order valence-electron chi connectivity index (χ4n) is 4.27. The quantitative estimate of drug-likeness (QED) is 0.522. The molecule has 0 atom stereocenters. The topological polar surface area (TPSA) is 111 Å². The minimum Gasteiger partial charge on any atom is -0.382 e. The molecule has 3 aromatic heterocycles. The van der Waals surface area contributed by atoms with Crippen LogP contribution in [-0.2, 0) is 0 Å². The number of fused-ring (bicyclic) bond motifs is 1. The van der Waals surface area contributed by atoms with Crippen LogP contribution in [0.25, 0.3) is 16.8 Å². The van der Waals surface area contributed by atoms with Gasteiger partial charge >= 0.3 is 0 Å². The zero-order chi connectivity index (χ0) is 21.2. The van der Waals surface area contributed by atoms with E-state index in [-0.39, 0.29) is 5.91 Å². The summed E-state index contributed by atoms with van der Waals surface area (Å²) in [5, 5.41) is 10.4. The third-order valence-corrected chi connectivity index (χ3v) is 5.82. The zero-order valence-electron chi connectivity index (χ0n) is 17.0. The molecule has 8 heteroatoms. The van der Waals surface area contributed by atoms with Gasteiger partial charge in [0.05, 0.1) is 0 Å². The first-order valence-corrected chi connectivity index (χ1v) is 10.5. The summed E-state index contributed by atoms with van der Waals surface area (Å²) in [6.07, 6.45) is 11.2. The molecule has 1 fully saturated rings. The SMILES string of the molecule is Nc1nccn2c(C3CCCCC3)nc(-c3ccc(C(=O)Nc4cccnn4)cc3)c12. The molecule has 31 heavy (non-hydrogen) atoms. The average molecular weight is 413 g/mol. The smallest absolute Gasteiger partial charge is 0.256 e. The highest BCUT2D eigenvalue weighted by atomic mass is 16.1. The molecule has 156 valence electrons. The number of nitrogens with one attached hydrogen (secondary N) is 1. The first kappa shape index (κ1) is 19.2. The van der Waals surface area contributed by atoms with Crippen LogP contribution >= 0.6 is 0 Å². The molecule has 1 saturated carbocycles. The lowest BCUT2D eigenvalue weighted by Crippen LogP contribution is -2.13. The molecule has 0 aliphatic heterocycles. The summed E-state index contributed by atoms with van der Waals surface area (Å²) in [5.74, 6) is 2.09. The van der Waals surface area contributed by atoms with E-state index in [2.05, 4.69) is 24.9 Å². The van der Waals surface area contributed by atoms with Crippen molar-refractivity contribution in [3.8, 4) is 11.3 Å². The second kappa shape index (κ2) is 8.14. The van der Waals surface area contributed by atoms with Crippen molar-refractivity contribution in [2.75, 3.05) is 11.1 Å². The summed E-state index contributed by atoms with van der Waals surface area (Å²) in [7, 11) is 0. The van der Waals surface area contributed by atoms with Crippen LogP contribution in [0.2, 0.25) is 0 Å². The van der Waals surface area contributed by atoms with E-state index in [1.165, 1.54) is 19.3 Å². The maximum absolute atomic E-state index is 12.5. The lowest BCUT2D eigenvalue weighted by Gasteiger charge is -2.20. The molecule has 0 spiro atoms. The molecule has 0 saturated heterocycles. The molecular formula is C23H23N7O.